The van der Waals surface area contributed by atoms with Crippen LogP contribution in [-0.2, 0) is 25.4 Å². The Hall–Kier alpha value is -0.693. The van der Waals surface area contributed by atoms with E-state index in [4.69, 9.17) is 13.3 Å². The van der Waals surface area contributed by atoms with Gasteiger partial charge in [0, 0.05) is 27.4 Å². The molecule has 6 heteroatoms. The predicted molar refractivity (Wildman–Crippen MR) is 75.8 cm³/mol. The monoisotopic (exact) mass is 287 g/mol. The molecule has 110 valence electrons. The van der Waals surface area contributed by atoms with E-state index in [1.165, 1.54) is 0 Å². The summed E-state index contributed by atoms with van der Waals surface area (Å²) in [5, 5.41) is 0. The Bertz CT molecular complexity index is 375. The van der Waals surface area contributed by atoms with Crippen molar-refractivity contribution >= 4 is 8.80 Å². The lowest BCUT2D eigenvalue weighted by atomic mass is 10.1. The van der Waals surface area contributed by atoms with Crippen LogP contribution in [0.1, 0.15) is 27.2 Å². The summed E-state index contributed by atoms with van der Waals surface area (Å²) in [5.74, 6) is 0. The van der Waals surface area contributed by atoms with Crippen molar-refractivity contribution in [3.63, 3.8) is 0 Å². The van der Waals surface area contributed by atoms with E-state index in [9.17, 15) is 0 Å². The predicted octanol–water partition coefficient (Wildman–Crippen LogP) is 1.80. The molecule has 0 N–H and O–H groups in total. The average Bonchev–Trinajstić information content (AvgIpc) is 2.84. The minimum absolute atomic E-state index is 0.120. The van der Waals surface area contributed by atoms with Crippen molar-refractivity contribution in [2.24, 2.45) is 0 Å². The molecule has 1 rings (SSSR count). The smallest absolute Gasteiger partial charge is 0.377 e. The fourth-order valence-electron chi connectivity index (χ4n) is 1.96. The van der Waals surface area contributed by atoms with Crippen LogP contribution in [0.25, 0.3) is 0 Å². The van der Waals surface area contributed by atoms with E-state index >= 15 is 0 Å². The summed E-state index contributed by atoms with van der Waals surface area (Å²) in [6.45, 7) is 7.51. The SMILES string of the molecule is CO[Si](CCC[n+]1ccn(C(C)(C)C)c1)(OC)OC. The van der Waals surface area contributed by atoms with Crippen LogP contribution in [-0.4, -0.2) is 34.7 Å². The van der Waals surface area contributed by atoms with Crippen molar-refractivity contribution in [2.45, 2.75) is 45.3 Å². The first-order chi connectivity index (χ1) is 8.87. The van der Waals surface area contributed by atoms with Crippen molar-refractivity contribution in [3.05, 3.63) is 18.7 Å². The van der Waals surface area contributed by atoms with Crippen LogP contribution < -0.4 is 4.57 Å². The Morgan fingerprint density at radius 3 is 2.11 bits per heavy atom. The molecule has 19 heavy (non-hydrogen) atoms. The van der Waals surface area contributed by atoms with Crippen molar-refractivity contribution in [3.8, 4) is 0 Å². The normalized spacial score (nSPS) is 12.9. The van der Waals surface area contributed by atoms with Crippen LogP contribution in [0, 0.1) is 0 Å². The van der Waals surface area contributed by atoms with Gasteiger partial charge in [-0.2, -0.15) is 0 Å². The third-order valence-electron chi connectivity index (χ3n) is 3.30. The van der Waals surface area contributed by atoms with E-state index in [-0.39, 0.29) is 5.54 Å². The van der Waals surface area contributed by atoms with Crippen LogP contribution >= 0.6 is 0 Å². The van der Waals surface area contributed by atoms with Crippen LogP contribution in [0.5, 0.6) is 0 Å². The molecule has 1 aromatic rings. The number of nitrogens with zero attached hydrogens (tertiary/aromatic N) is 2. The summed E-state index contributed by atoms with van der Waals surface area (Å²) in [6.07, 6.45) is 7.31. The van der Waals surface area contributed by atoms with E-state index in [1.807, 2.05) is 0 Å². The maximum Gasteiger partial charge on any atom is 0.500 e. The zero-order valence-corrected chi connectivity index (χ0v) is 14.0. The van der Waals surface area contributed by atoms with Gasteiger partial charge in [-0.25, -0.2) is 9.13 Å². The highest BCUT2D eigenvalue weighted by molar-refractivity contribution is 6.60. The number of aromatic nitrogens is 2. The Kier molecular flexibility index (Phi) is 5.73. The van der Waals surface area contributed by atoms with Crippen molar-refractivity contribution < 1.29 is 17.8 Å². The van der Waals surface area contributed by atoms with Gasteiger partial charge < -0.3 is 13.3 Å². The molecule has 0 saturated carbocycles. The largest absolute Gasteiger partial charge is 0.500 e. The third kappa shape index (κ3) is 4.41. The first kappa shape index (κ1) is 16.4. The lowest BCUT2D eigenvalue weighted by Crippen LogP contribution is -2.44. The zero-order chi connectivity index (χ0) is 14.5. The van der Waals surface area contributed by atoms with Crippen molar-refractivity contribution in [1.82, 2.24) is 4.57 Å². The minimum Gasteiger partial charge on any atom is -0.377 e. The molecular formula is C13H27N2O3Si+. The number of rotatable bonds is 7. The molecule has 0 saturated heterocycles. The number of hydrogen-bond donors (Lipinski definition) is 0. The summed E-state index contributed by atoms with van der Waals surface area (Å²) in [5.41, 5.74) is 0.120. The highest BCUT2D eigenvalue weighted by Gasteiger charge is 2.37. The molecule has 0 unspecified atom stereocenters. The van der Waals surface area contributed by atoms with Gasteiger partial charge in [-0.3, -0.25) is 0 Å². The molecule has 0 aliphatic rings. The van der Waals surface area contributed by atoms with Gasteiger partial charge in [0.1, 0.15) is 17.9 Å². The van der Waals surface area contributed by atoms with E-state index < -0.39 is 8.80 Å². The van der Waals surface area contributed by atoms with Gasteiger partial charge in [0.25, 0.3) is 0 Å². The molecule has 0 fully saturated rings. The van der Waals surface area contributed by atoms with Crippen LogP contribution in [0.4, 0.5) is 0 Å². The molecular weight excluding hydrogens is 260 g/mol. The fourth-order valence-corrected chi connectivity index (χ4v) is 3.66. The van der Waals surface area contributed by atoms with Crippen molar-refractivity contribution in [2.75, 3.05) is 21.3 Å². The first-order valence-corrected chi connectivity index (χ1v) is 8.53. The van der Waals surface area contributed by atoms with E-state index in [0.29, 0.717) is 0 Å². The molecule has 1 aromatic heterocycles. The minimum atomic E-state index is -2.42. The summed E-state index contributed by atoms with van der Waals surface area (Å²) < 4.78 is 20.6. The highest BCUT2D eigenvalue weighted by Crippen LogP contribution is 2.15. The molecule has 0 amide bonds. The molecule has 0 aliphatic heterocycles. The summed E-state index contributed by atoms with van der Waals surface area (Å²) >= 11 is 0. The highest BCUT2D eigenvalue weighted by atomic mass is 28.4. The van der Waals surface area contributed by atoms with Gasteiger partial charge in [0.2, 0.25) is 6.33 Å². The molecule has 0 atom stereocenters. The molecule has 5 nitrogen and oxygen atoms in total. The van der Waals surface area contributed by atoms with E-state index in [0.717, 1.165) is 19.0 Å². The topological polar surface area (TPSA) is 36.5 Å². The van der Waals surface area contributed by atoms with Crippen LogP contribution in [0.2, 0.25) is 6.04 Å². The maximum absolute atomic E-state index is 5.41. The molecule has 0 bridgehead atoms. The Morgan fingerprint density at radius 2 is 1.68 bits per heavy atom. The van der Waals surface area contributed by atoms with Crippen LogP contribution in [0.3, 0.4) is 0 Å². The molecule has 1 heterocycles. The number of imidazole rings is 1. The number of hydrogen-bond acceptors (Lipinski definition) is 3. The average molecular weight is 287 g/mol. The van der Waals surface area contributed by atoms with E-state index in [2.05, 4.69) is 48.6 Å². The second-order valence-electron chi connectivity index (χ2n) is 5.63. The summed E-state index contributed by atoms with van der Waals surface area (Å²) in [6, 6.07) is 0.824. The fraction of sp³-hybridized carbons (Fsp3) is 0.769. The lowest BCUT2D eigenvalue weighted by molar-refractivity contribution is -0.696. The first-order valence-electron chi connectivity index (χ1n) is 6.60. The van der Waals surface area contributed by atoms with Gasteiger partial charge >= 0.3 is 8.80 Å². The van der Waals surface area contributed by atoms with Crippen LogP contribution in [0.15, 0.2) is 18.7 Å². The van der Waals surface area contributed by atoms with Gasteiger partial charge in [0.15, 0.2) is 0 Å². The Labute approximate surface area is 117 Å². The van der Waals surface area contributed by atoms with Gasteiger partial charge in [-0.05, 0) is 27.2 Å². The second kappa shape index (κ2) is 6.65. The summed E-state index contributed by atoms with van der Waals surface area (Å²) in [7, 11) is 2.54. The molecule has 0 aromatic carbocycles. The summed E-state index contributed by atoms with van der Waals surface area (Å²) in [4.78, 5) is 0. The van der Waals surface area contributed by atoms with Gasteiger partial charge in [-0.1, -0.05) is 0 Å². The molecule has 0 spiro atoms. The van der Waals surface area contributed by atoms with E-state index in [1.54, 1.807) is 21.3 Å². The third-order valence-corrected chi connectivity index (χ3v) is 6.13. The maximum atomic E-state index is 5.41. The zero-order valence-electron chi connectivity index (χ0n) is 13.0. The van der Waals surface area contributed by atoms with Gasteiger partial charge in [-0.15, -0.1) is 0 Å². The van der Waals surface area contributed by atoms with Crippen molar-refractivity contribution in [1.29, 1.82) is 0 Å². The molecule has 0 aliphatic carbocycles. The number of aryl methyl sites for hydroxylation is 1. The second-order valence-corrected chi connectivity index (χ2v) is 8.72. The quantitative estimate of drug-likeness (QED) is 0.567. The lowest BCUT2D eigenvalue weighted by Gasteiger charge is -2.23. The van der Waals surface area contributed by atoms with Gasteiger partial charge in [0.05, 0.1) is 6.54 Å². The molecule has 0 radical (unpaired) electrons. The Morgan fingerprint density at radius 1 is 1.11 bits per heavy atom. The Balaban J connectivity index is 2.51. The standard InChI is InChI=1S/C13H27N2O3Si/c1-13(2,3)15-10-9-14(12-15)8-7-11-19(16-4,17-5)18-6/h9-10,12H,7-8,11H2,1-6H3/q+1.